The fourth-order valence-corrected chi connectivity index (χ4v) is 2.30. The monoisotopic (exact) mass is 262 g/mol. The van der Waals surface area contributed by atoms with Gasteiger partial charge >= 0.3 is 0 Å². The van der Waals surface area contributed by atoms with Crippen LogP contribution in [-0.4, -0.2) is 66.0 Å². The van der Waals surface area contributed by atoms with E-state index in [0.717, 1.165) is 6.54 Å². The maximum atomic E-state index is 12.3. The van der Waals surface area contributed by atoms with Crippen LogP contribution in [0, 0.1) is 5.41 Å². The molecule has 0 aromatic rings. The minimum atomic E-state index is -0.559. The predicted molar refractivity (Wildman–Crippen MR) is 69.2 cm³/mol. The highest BCUT2D eigenvalue weighted by molar-refractivity contribution is 6.19. The number of carbonyl (C=O) groups is 1. The first-order chi connectivity index (χ1) is 7.77. The van der Waals surface area contributed by atoms with Crippen LogP contribution in [0.15, 0.2) is 0 Å². The number of likely N-dealkylation sites (tertiary alicyclic amines) is 1. The lowest BCUT2D eigenvalue weighted by Crippen LogP contribution is -2.47. The quantitative estimate of drug-likeness (QED) is 0.762. The lowest BCUT2D eigenvalue weighted by molar-refractivity contribution is -0.140. The molecule has 4 nitrogen and oxygen atoms in total. The van der Waals surface area contributed by atoms with Crippen molar-refractivity contribution in [2.24, 2.45) is 5.41 Å². The standard InChI is InChI=1S/C12H23ClN2O2/c1-12(2,8-13)11(17)15-7-10(16)5-9(15)6-14(3)4/h9-10,16H,5-8H2,1-4H3. The van der Waals surface area contributed by atoms with Crippen molar-refractivity contribution in [1.29, 1.82) is 0 Å². The maximum Gasteiger partial charge on any atom is 0.229 e. The van der Waals surface area contributed by atoms with Crippen molar-refractivity contribution in [1.82, 2.24) is 9.80 Å². The van der Waals surface area contributed by atoms with E-state index in [1.807, 2.05) is 32.8 Å². The summed E-state index contributed by atoms with van der Waals surface area (Å²) in [5.41, 5.74) is -0.559. The molecule has 1 rings (SSSR count). The van der Waals surface area contributed by atoms with Crippen molar-refractivity contribution in [3.8, 4) is 0 Å². The molecule has 0 spiro atoms. The Kier molecular flexibility index (Phi) is 4.81. The number of alkyl halides is 1. The normalized spacial score (nSPS) is 25.7. The lowest BCUT2D eigenvalue weighted by Gasteiger charge is -2.33. The van der Waals surface area contributed by atoms with E-state index in [-0.39, 0.29) is 11.9 Å². The molecule has 0 radical (unpaired) electrons. The van der Waals surface area contributed by atoms with Gasteiger partial charge in [-0.2, -0.15) is 0 Å². The van der Waals surface area contributed by atoms with Crippen molar-refractivity contribution in [2.45, 2.75) is 32.4 Å². The number of carbonyl (C=O) groups excluding carboxylic acids is 1. The van der Waals surface area contributed by atoms with Crippen LogP contribution in [0.2, 0.25) is 0 Å². The van der Waals surface area contributed by atoms with E-state index in [0.29, 0.717) is 18.8 Å². The number of hydrogen-bond acceptors (Lipinski definition) is 3. The third-order valence-electron chi connectivity index (χ3n) is 3.14. The molecular formula is C12H23ClN2O2. The number of amides is 1. The molecule has 17 heavy (non-hydrogen) atoms. The SMILES string of the molecule is CN(C)CC1CC(O)CN1C(=O)C(C)(C)CCl. The van der Waals surface area contributed by atoms with Gasteiger partial charge in [0.1, 0.15) is 0 Å². The lowest BCUT2D eigenvalue weighted by atomic mass is 9.94. The number of likely N-dealkylation sites (N-methyl/N-ethyl adjacent to an activating group) is 1. The van der Waals surface area contributed by atoms with Crippen molar-refractivity contribution in [3.05, 3.63) is 0 Å². The third-order valence-corrected chi connectivity index (χ3v) is 3.81. The molecule has 1 fully saturated rings. The molecule has 1 saturated heterocycles. The molecule has 1 amide bonds. The molecule has 0 aromatic heterocycles. The molecule has 0 bridgehead atoms. The summed E-state index contributed by atoms with van der Waals surface area (Å²) in [6, 6.07) is 0.0926. The second kappa shape index (κ2) is 5.55. The van der Waals surface area contributed by atoms with Crippen molar-refractivity contribution in [3.63, 3.8) is 0 Å². The average molecular weight is 263 g/mol. The van der Waals surface area contributed by atoms with E-state index in [4.69, 9.17) is 11.6 Å². The van der Waals surface area contributed by atoms with Gasteiger partial charge in [0.25, 0.3) is 0 Å². The third kappa shape index (κ3) is 3.57. The molecule has 0 aromatic carbocycles. The van der Waals surface area contributed by atoms with Gasteiger partial charge in [-0.1, -0.05) is 0 Å². The summed E-state index contributed by atoms with van der Waals surface area (Å²) in [4.78, 5) is 16.2. The van der Waals surface area contributed by atoms with Crippen molar-refractivity contribution in [2.75, 3.05) is 33.1 Å². The van der Waals surface area contributed by atoms with Crippen LogP contribution in [-0.2, 0) is 4.79 Å². The molecule has 0 aliphatic carbocycles. The van der Waals surface area contributed by atoms with E-state index in [1.165, 1.54) is 0 Å². The fourth-order valence-electron chi connectivity index (χ4n) is 2.18. The number of nitrogens with zero attached hydrogens (tertiary/aromatic N) is 2. The first-order valence-electron chi connectivity index (χ1n) is 5.97. The van der Waals surface area contributed by atoms with Gasteiger partial charge in [0.05, 0.1) is 11.5 Å². The first-order valence-corrected chi connectivity index (χ1v) is 6.51. The summed E-state index contributed by atoms with van der Waals surface area (Å²) in [6.45, 7) is 4.90. The second-order valence-electron chi connectivity index (χ2n) is 5.78. The molecule has 1 aliphatic heterocycles. The van der Waals surface area contributed by atoms with Gasteiger partial charge in [-0.25, -0.2) is 0 Å². The number of aliphatic hydroxyl groups is 1. The predicted octanol–water partition coefficient (Wildman–Crippen LogP) is 0.775. The number of β-amino-alcohol motifs (C(OH)–C–C–N with tert-alkyl or cyclic N) is 1. The van der Waals surface area contributed by atoms with Crippen LogP contribution in [0.1, 0.15) is 20.3 Å². The second-order valence-corrected chi connectivity index (χ2v) is 6.05. The summed E-state index contributed by atoms with van der Waals surface area (Å²) in [7, 11) is 3.94. The largest absolute Gasteiger partial charge is 0.391 e. The minimum Gasteiger partial charge on any atom is -0.391 e. The van der Waals surface area contributed by atoms with Gasteiger partial charge in [0.15, 0.2) is 0 Å². The fraction of sp³-hybridized carbons (Fsp3) is 0.917. The molecule has 2 unspecified atom stereocenters. The number of aliphatic hydroxyl groups excluding tert-OH is 1. The molecule has 1 N–H and O–H groups in total. The molecular weight excluding hydrogens is 240 g/mol. The summed E-state index contributed by atoms with van der Waals surface area (Å²) in [5.74, 6) is 0.337. The Morgan fingerprint density at radius 1 is 1.53 bits per heavy atom. The smallest absolute Gasteiger partial charge is 0.229 e. The van der Waals surface area contributed by atoms with Crippen LogP contribution in [0.5, 0.6) is 0 Å². The highest BCUT2D eigenvalue weighted by Gasteiger charge is 2.40. The Morgan fingerprint density at radius 3 is 2.59 bits per heavy atom. The molecule has 5 heteroatoms. The van der Waals surface area contributed by atoms with E-state index in [9.17, 15) is 9.90 Å². The summed E-state index contributed by atoms with van der Waals surface area (Å²) >= 11 is 5.84. The van der Waals surface area contributed by atoms with Crippen LogP contribution in [0.3, 0.4) is 0 Å². The maximum absolute atomic E-state index is 12.3. The van der Waals surface area contributed by atoms with Crippen LogP contribution >= 0.6 is 11.6 Å². The van der Waals surface area contributed by atoms with Gasteiger partial charge in [0.2, 0.25) is 5.91 Å². The first kappa shape index (κ1) is 14.7. The van der Waals surface area contributed by atoms with E-state index >= 15 is 0 Å². The summed E-state index contributed by atoms with van der Waals surface area (Å²) < 4.78 is 0. The van der Waals surface area contributed by atoms with Crippen LogP contribution in [0.4, 0.5) is 0 Å². The highest BCUT2D eigenvalue weighted by Crippen LogP contribution is 2.27. The van der Waals surface area contributed by atoms with Crippen LogP contribution in [0.25, 0.3) is 0 Å². The van der Waals surface area contributed by atoms with Gasteiger partial charge in [-0.3, -0.25) is 4.79 Å². The summed E-state index contributed by atoms with van der Waals surface area (Å²) in [6.07, 6.45) is 0.248. The average Bonchev–Trinajstić information content (AvgIpc) is 2.57. The molecule has 1 heterocycles. The van der Waals surface area contributed by atoms with Crippen molar-refractivity contribution < 1.29 is 9.90 Å². The Bertz CT molecular complexity index is 282. The zero-order valence-electron chi connectivity index (χ0n) is 11.1. The van der Waals surface area contributed by atoms with Gasteiger partial charge in [-0.05, 0) is 34.4 Å². The summed E-state index contributed by atoms with van der Waals surface area (Å²) in [5, 5.41) is 9.72. The Labute approximate surface area is 109 Å². The van der Waals surface area contributed by atoms with E-state index < -0.39 is 11.5 Å². The van der Waals surface area contributed by atoms with Crippen molar-refractivity contribution >= 4 is 17.5 Å². The van der Waals surface area contributed by atoms with Crippen LogP contribution < -0.4 is 0 Å². The zero-order valence-corrected chi connectivity index (χ0v) is 11.9. The zero-order chi connectivity index (χ0) is 13.2. The minimum absolute atomic E-state index is 0.0379. The topological polar surface area (TPSA) is 43.8 Å². The molecule has 100 valence electrons. The van der Waals surface area contributed by atoms with Gasteiger partial charge in [0, 0.05) is 25.0 Å². The van der Waals surface area contributed by atoms with Gasteiger partial charge in [-0.15, -0.1) is 11.6 Å². The molecule has 0 saturated carbocycles. The number of rotatable bonds is 4. The molecule has 2 atom stereocenters. The van der Waals surface area contributed by atoms with E-state index in [1.54, 1.807) is 4.90 Å². The Balaban J connectivity index is 2.76. The van der Waals surface area contributed by atoms with Gasteiger partial charge < -0.3 is 14.9 Å². The van der Waals surface area contributed by atoms with E-state index in [2.05, 4.69) is 0 Å². The molecule has 1 aliphatic rings. The Hall–Kier alpha value is -0.320. The Morgan fingerprint density at radius 2 is 2.12 bits per heavy atom. The number of hydrogen-bond donors (Lipinski definition) is 1. The number of halogens is 1. The highest BCUT2D eigenvalue weighted by atomic mass is 35.5.